The van der Waals surface area contributed by atoms with Gasteiger partial charge in [-0.25, -0.2) is 9.18 Å². The highest BCUT2D eigenvalue weighted by atomic mass is 35.5. The summed E-state index contributed by atoms with van der Waals surface area (Å²) in [4.78, 5) is 10.9. The van der Waals surface area contributed by atoms with Crippen molar-refractivity contribution in [3.63, 3.8) is 0 Å². The molecule has 0 aliphatic carbocycles. The number of rotatable bonds is 4. The third-order valence-electron chi connectivity index (χ3n) is 2.71. The van der Waals surface area contributed by atoms with Crippen molar-refractivity contribution in [1.29, 1.82) is 0 Å². The van der Waals surface area contributed by atoms with E-state index in [1.54, 1.807) is 30.3 Å². The van der Waals surface area contributed by atoms with Crippen molar-refractivity contribution >= 4 is 29.3 Å². The molecule has 21 heavy (non-hydrogen) atoms. The number of para-hydroxylation sites is 1. The van der Waals surface area contributed by atoms with Gasteiger partial charge in [-0.2, -0.15) is 0 Å². The molecule has 6 heteroatoms. The first kappa shape index (κ1) is 15.6. The number of carbonyl (C=O) groups excluding carboxylic acids is 1. The van der Waals surface area contributed by atoms with Crippen molar-refractivity contribution in [3.05, 3.63) is 66.0 Å². The summed E-state index contributed by atoms with van der Waals surface area (Å²) in [5.41, 5.74) is 0.580. The molecule has 1 amide bonds. The zero-order valence-corrected chi connectivity index (χ0v) is 12.3. The van der Waals surface area contributed by atoms with E-state index in [0.717, 1.165) is 0 Å². The number of alkyl halides is 2. The Morgan fingerprint density at radius 1 is 1.05 bits per heavy atom. The van der Waals surface area contributed by atoms with Crippen molar-refractivity contribution in [1.82, 2.24) is 5.32 Å². The third-order valence-corrected chi connectivity index (χ3v) is 3.21. The van der Waals surface area contributed by atoms with Crippen LogP contribution in [0.3, 0.4) is 0 Å². The number of benzene rings is 2. The highest BCUT2D eigenvalue weighted by Crippen LogP contribution is 2.24. The number of hydrogen-bond acceptors (Lipinski definition) is 2. The predicted molar refractivity (Wildman–Crippen MR) is 80.2 cm³/mol. The number of amides is 1. The SMILES string of the molecule is O=C(NC(c1ccc(F)cc1)C(Cl)Cl)Oc1ccccc1. The molecule has 110 valence electrons. The second kappa shape index (κ2) is 7.29. The van der Waals surface area contributed by atoms with Gasteiger partial charge in [-0.3, -0.25) is 0 Å². The van der Waals surface area contributed by atoms with E-state index < -0.39 is 17.0 Å². The number of nitrogens with one attached hydrogen (secondary N) is 1. The number of ether oxygens (including phenoxy) is 1. The van der Waals surface area contributed by atoms with Crippen LogP contribution >= 0.6 is 23.2 Å². The molecule has 0 aromatic heterocycles. The lowest BCUT2D eigenvalue weighted by Gasteiger charge is -2.19. The minimum Gasteiger partial charge on any atom is -0.410 e. The van der Waals surface area contributed by atoms with Crippen LogP contribution in [0, 0.1) is 5.82 Å². The summed E-state index contributed by atoms with van der Waals surface area (Å²) in [5.74, 6) is 0.0126. The quantitative estimate of drug-likeness (QED) is 0.842. The van der Waals surface area contributed by atoms with Gasteiger partial charge in [0, 0.05) is 0 Å². The Morgan fingerprint density at radius 2 is 1.67 bits per heavy atom. The van der Waals surface area contributed by atoms with Crippen molar-refractivity contribution in [2.45, 2.75) is 10.9 Å². The molecule has 0 spiro atoms. The molecule has 2 rings (SSSR count). The van der Waals surface area contributed by atoms with Gasteiger partial charge in [0.25, 0.3) is 0 Å². The minimum absolute atomic E-state index is 0.384. The summed E-state index contributed by atoms with van der Waals surface area (Å²) in [6.45, 7) is 0. The van der Waals surface area contributed by atoms with Crippen molar-refractivity contribution in [3.8, 4) is 5.75 Å². The van der Waals surface area contributed by atoms with Crippen LogP contribution < -0.4 is 10.1 Å². The van der Waals surface area contributed by atoms with Crippen LogP contribution in [0.25, 0.3) is 0 Å². The lowest BCUT2D eigenvalue weighted by Crippen LogP contribution is -2.34. The van der Waals surface area contributed by atoms with Gasteiger partial charge >= 0.3 is 6.09 Å². The lowest BCUT2D eigenvalue weighted by atomic mass is 10.1. The zero-order chi connectivity index (χ0) is 15.2. The maximum atomic E-state index is 12.9. The topological polar surface area (TPSA) is 38.3 Å². The van der Waals surface area contributed by atoms with E-state index >= 15 is 0 Å². The largest absolute Gasteiger partial charge is 0.413 e. The van der Waals surface area contributed by atoms with E-state index in [1.807, 2.05) is 0 Å². The molecule has 0 radical (unpaired) electrons. The molecular weight excluding hydrogens is 316 g/mol. The fourth-order valence-electron chi connectivity index (χ4n) is 1.71. The van der Waals surface area contributed by atoms with E-state index in [-0.39, 0.29) is 5.82 Å². The normalized spacial score (nSPS) is 12.0. The minimum atomic E-state index is -0.904. The first-order valence-corrected chi connectivity index (χ1v) is 7.00. The summed E-state index contributed by atoms with van der Waals surface area (Å²) in [7, 11) is 0. The molecule has 0 bridgehead atoms. The second-order valence-electron chi connectivity index (χ2n) is 4.21. The smallest absolute Gasteiger partial charge is 0.410 e. The highest BCUT2D eigenvalue weighted by molar-refractivity contribution is 6.44. The summed E-state index contributed by atoms with van der Waals surface area (Å²) in [6, 6.07) is 13.4. The lowest BCUT2D eigenvalue weighted by molar-refractivity contribution is 0.196. The van der Waals surface area contributed by atoms with Gasteiger partial charge in [0.1, 0.15) is 16.4 Å². The van der Waals surface area contributed by atoms with Gasteiger partial charge in [-0.1, -0.05) is 30.3 Å². The van der Waals surface area contributed by atoms with Gasteiger partial charge in [-0.15, -0.1) is 23.2 Å². The Kier molecular flexibility index (Phi) is 5.42. The summed E-state index contributed by atoms with van der Waals surface area (Å²) >= 11 is 11.7. The second-order valence-corrected chi connectivity index (χ2v) is 5.37. The van der Waals surface area contributed by atoms with Gasteiger partial charge in [0.15, 0.2) is 0 Å². The van der Waals surface area contributed by atoms with Crippen molar-refractivity contribution in [2.75, 3.05) is 0 Å². The van der Waals surface area contributed by atoms with Crippen molar-refractivity contribution in [2.24, 2.45) is 0 Å². The molecule has 0 aliphatic rings. The van der Waals surface area contributed by atoms with Crippen LogP contribution in [0.15, 0.2) is 54.6 Å². The average Bonchev–Trinajstić information content (AvgIpc) is 2.47. The number of halogens is 3. The predicted octanol–water partition coefficient (Wildman–Crippen LogP) is 4.46. The molecule has 0 saturated heterocycles. The Bertz CT molecular complexity index is 590. The number of carbonyl (C=O) groups is 1. The first-order chi connectivity index (χ1) is 10.1. The molecule has 1 unspecified atom stereocenters. The van der Waals surface area contributed by atoms with Gasteiger partial charge in [0.2, 0.25) is 0 Å². The van der Waals surface area contributed by atoms with Crippen LogP contribution in [-0.2, 0) is 0 Å². The summed E-state index contributed by atoms with van der Waals surface area (Å²) in [6.07, 6.45) is -0.693. The first-order valence-electron chi connectivity index (χ1n) is 6.13. The molecule has 1 atom stereocenters. The molecule has 0 heterocycles. The molecule has 3 nitrogen and oxygen atoms in total. The molecule has 0 aliphatic heterocycles. The Hall–Kier alpha value is -1.78. The van der Waals surface area contributed by atoms with Crippen molar-refractivity contribution < 1.29 is 13.9 Å². The van der Waals surface area contributed by atoms with Crippen LogP contribution in [0.4, 0.5) is 9.18 Å². The van der Waals surface area contributed by atoms with Gasteiger partial charge < -0.3 is 10.1 Å². The Morgan fingerprint density at radius 3 is 2.24 bits per heavy atom. The van der Waals surface area contributed by atoms with E-state index in [0.29, 0.717) is 11.3 Å². The zero-order valence-electron chi connectivity index (χ0n) is 10.8. The molecule has 1 N–H and O–H groups in total. The molecular formula is C15H12Cl2FNO2. The maximum absolute atomic E-state index is 12.9. The van der Waals surface area contributed by atoms with Crippen LogP contribution in [0.1, 0.15) is 11.6 Å². The molecule has 2 aromatic rings. The highest BCUT2D eigenvalue weighted by Gasteiger charge is 2.22. The van der Waals surface area contributed by atoms with E-state index in [2.05, 4.69) is 5.32 Å². The summed E-state index contributed by atoms with van der Waals surface area (Å²) < 4.78 is 18.0. The average molecular weight is 328 g/mol. The Labute approximate surface area is 131 Å². The van der Waals surface area contributed by atoms with Crippen LogP contribution in [-0.4, -0.2) is 10.9 Å². The monoisotopic (exact) mass is 327 g/mol. The molecule has 0 fully saturated rings. The van der Waals surface area contributed by atoms with E-state index in [9.17, 15) is 9.18 Å². The molecule has 2 aromatic carbocycles. The third kappa shape index (κ3) is 4.62. The van der Waals surface area contributed by atoms with E-state index in [1.165, 1.54) is 24.3 Å². The van der Waals surface area contributed by atoms with E-state index in [4.69, 9.17) is 27.9 Å². The molecule has 0 saturated carbocycles. The number of hydrogen-bond donors (Lipinski definition) is 1. The van der Waals surface area contributed by atoms with Gasteiger partial charge in [-0.05, 0) is 29.8 Å². The summed E-state index contributed by atoms with van der Waals surface area (Å²) in [5, 5.41) is 2.55. The standard InChI is InChI=1S/C15H12Cl2FNO2/c16-14(17)13(10-6-8-11(18)9-7-10)19-15(20)21-12-4-2-1-3-5-12/h1-9,13-14H,(H,19,20). The van der Waals surface area contributed by atoms with Crippen LogP contribution in [0.5, 0.6) is 5.75 Å². The van der Waals surface area contributed by atoms with Gasteiger partial charge in [0.05, 0.1) is 6.04 Å². The fourth-order valence-corrected chi connectivity index (χ4v) is 2.13. The van der Waals surface area contributed by atoms with Crippen LogP contribution in [0.2, 0.25) is 0 Å². The Balaban J connectivity index is 2.06. The fraction of sp³-hybridized carbons (Fsp3) is 0.133. The maximum Gasteiger partial charge on any atom is 0.413 e.